The molecule has 0 fully saturated rings. The highest BCUT2D eigenvalue weighted by molar-refractivity contribution is 9.08. The molecule has 19 heavy (non-hydrogen) atoms. The van der Waals surface area contributed by atoms with Crippen LogP contribution in [0.1, 0.15) is 10.6 Å². The van der Waals surface area contributed by atoms with Crippen molar-refractivity contribution in [1.29, 1.82) is 0 Å². The number of ether oxygens (including phenoxy) is 1. The first kappa shape index (κ1) is 12.6. The number of halogens is 1. The van der Waals surface area contributed by atoms with Gasteiger partial charge in [-0.25, -0.2) is 4.98 Å². The summed E-state index contributed by atoms with van der Waals surface area (Å²) >= 11 is 5.14. The minimum Gasteiger partial charge on any atom is -0.489 e. The first-order valence-corrected chi connectivity index (χ1v) is 7.91. The van der Waals surface area contributed by atoms with Crippen LogP contribution in [0.4, 0.5) is 0 Å². The molecule has 96 valence electrons. The van der Waals surface area contributed by atoms with E-state index in [-0.39, 0.29) is 0 Å². The monoisotopic (exact) mass is 333 g/mol. The van der Waals surface area contributed by atoms with Crippen LogP contribution in [-0.4, -0.2) is 4.98 Å². The maximum Gasteiger partial charge on any atom is 0.122 e. The van der Waals surface area contributed by atoms with Gasteiger partial charge in [0, 0.05) is 6.07 Å². The van der Waals surface area contributed by atoms with Gasteiger partial charge in [-0.1, -0.05) is 46.3 Å². The Morgan fingerprint density at radius 1 is 1.11 bits per heavy atom. The van der Waals surface area contributed by atoms with Crippen molar-refractivity contribution in [2.45, 2.75) is 11.9 Å². The molecule has 0 amide bonds. The summed E-state index contributed by atoms with van der Waals surface area (Å²) in [6.07, 6.45) is 0. The zero-order chi connectivity index (χ0) is 13.1. The quantitative estimate of drug-likeness (QED) is 0.641. The van der Waals surface area contributed by atoms with E-state index in [0.29, 0.717) is 6.61 Å². The summed E-state index contributed by atoms with van der Waals surface area (Å²) in [4.78, 5) is 4.54. The fourth-order valence-corrected chi connectivity index (χ4v) is 3.11. The summed E-state index contributed by atoms with van der Waals surface area (Å²) in [5, 5.41) is 1.89. The van der Waals surface area contributed by atoms with E-state index in [0.717, 1.165) is 21.6 Å². The largest absolute Gasteiger partial charge is 0.489 e. The number of hydrogen-bond acceptors (Lipinski definition) is 3. The van der Waals surface area contributed by atoms with E-state index in [1.165, 1.54) is 10.3 Å². The molecule has 0 spiro atoms. The van der Waals surface area contributed by atoms with E-state index in [1.807, 2.05) is 30.3 Å². The fourth-order valence-electron chi connectivity index (χ4n) is 1.84. The Bertz CT molecular complexity index is 681. The second kappa shape index (κ2) is 5.72. The maximum absolute atomic E-state index is 5.80. The van der Waals surface area contributed by atoms with Crippen LogP contribution >= 0.6 is 27.3 Å². The average Bonchev–Trinajstić information content (AvgIpc) is 2.88. The number of alkyl halides is 1. The zero-order valence-corrected chi connectivity index (χ0v) is 12.6. The van der Waals surface area contributed by atoms with Gasteiger partial charge in [-0.2, -0.15) is 0 Å². The van der Waals surface area contributed by atoms with Gasteiger partial charge in [-0.3, -0.25) is 0 Å². The van der Waals surface area contributed by atoms with Crippen LogP contribution in [0.15, 0.2) is 48.5 Å². The lowest BCUT2D eigenvalue weighted by Gasteiger charge is -2.05. The average molecular weight is 334 g/mol. The minimum absolute atomic E-state index is 0.585. The van der Waals surface area contributed by atoms with Crippen molar-refractivity contribution < 1.29 is 4.74 Å². The number of benzene rings is 2. The van der Waals surface area contributed by atoms with Crippen LogP contribution in [-0.2, 0) is 11.9 Å². The molecule has 0 saturated carbocycles. The third kappa shape index (κ3) is 2.96. The maximum atomic E-state index is 5.80. The molecule has 0 atom stereocenters. The molecule has 0 radical (unpaired) electrons. The first-order chi connectivity index (χ1) is 9.35. The number of aromatic nitrogens is 1. The van der Waals surface area contributed by atoms with Crippen molar-refractivity contribution in [2.75, 3.05) is 0 Å². The highest BCUT2D eigenvalue weighted by Crippen LogP contribution is 2.27. The predicted octanol–water partition coefficient (Wildman–Crippen LogP) is 4.77. The lowest BCUT2D eigenvalue weighted by atomic mass is 10.2. The number of thiazole rings is 1. The molecular weight excluding hydrogens is 322 g/mol. The van der Waals surface area contributed by atoms with Crippen molar-refractivity contribution in [3.05, 3.63) is 59.1 Å². The van der Waals surface area contributed by atoms with Gasteiger partial charge in [0.1, 0.15) is 17.4 Å². The van der Waals surface area contributed by atoms with Gasteiger partial charge in [0.15, 0.2) is 0 Å². The third-order valence-electron chi connectivity index (χ3n) is 2.77. The molecule has 0 N–H and O–H groups in total. The summed E-state index contributed by atoms with van der Waals surface area (Å²) in [5.41, 5.74) is 2.17. The van der Waals surface area contributed by atoms with E-state index in [2.05, 4.69) is 39.1 Å². The van der Waals surface area contributed by atoms with Crippen LogP contribution in [0.25, 0.3) is 10.2 Å². The Kier molecular flexibility index (Phi) is 3.80. The molecule has 3 rings (SSSR count). The van der Waals surface area contributed by atoms with E-state index in [1.54, 1.807) is 11.3 Å². The molecular formula is C15H12BrNOS. The van der Waals surface area contributed by atoms with Gasteiger partial charge in [0.2, 0.25) is 0 Å². The highest BCUT2D eigenvalue weighted by atomic mass is 79.9. The summed E-state index contributed by atoms with van der Waals surface area (Å²) in [5.74, 6) is 0.864. The van der Waals surface area contributed by atoms with E-state index in [9.17, 15) is 0 Å². The van der Waals surface area contributed by atoms with Crippen molar-refractivity contribution >= 4 is 37.5 Å². The van der Waals surface area contributed by atoms with Crippen molar-refractivity contribution in [3.8, 4) is 5.75 Å². The number of hydrogen-bond donors (Lipinski definition) is 0. The van der Waals surface area contributed by atoms with Gasteiger partial charge >= 0.3 is 0 Å². The standard InChI is InChI=1S/C15H12BrNOS/c16-9-15-17-13-8-12(6-7-14(13)19-15)18-10-11-4-2-1-3-5-11/h1-8H,9-10H2. The normalized spacial score (nSPS) is 10.8. The molecule has 3 aromatic rings. The van der Waals surface area contributed by atoms with Gasteiger partial charge in [-0.05, 0) is 17.7 Å². The molecule has 2 aromatic carbocycles. The van der Waals surface area contributed by atoms with E-state index >= 15 is 0 Å². The lowest BCUT2D eigenvalue weighted by molar-refractivity contribution is 0.306. The van der Waals surface area contributed by atoms with Crippen molar-refractivity contribution in [3.63, 3.8) is 0 Å². The summed E-state index contributed by atoms with van der Waals surface area (Å²) < 4.78 is 6.99. The van der Waals surface area contributed by atoms with Gasteiger partial charge < -0.3 is 4.74 Å². The molecule has 0 bridgehead atoms. The molecule has 1 heterocycles. The van der Waals surface area contributed by atoms with Gasteiger partial charge in [0.05, 0.1) is 15.5 Å². The molecule has 1 aromatic heterocycles. The SMILES string of the molecule is BrCc1nc2cc(OCc3ccccc3)ccc2s1. The number of rotatable bonds is 4. The predicted molar refractivity (Wildman–Crippen MR) is 83.0 cm³/mol. The molecule has 4 heteroatoms. The zero-order valence-electron chi connectivity index (χ0n) is 10.2. The summed E-state index contributed by atoms with van der Waals surface area (Å²) in [7, 11) is 0. The van der Waals surface area contributed by atoms with Crippen molar-refractivity contribution in [2.24, 2.45) is 0 Å². The van der Waals surface area contributed by atoms with E-state index < -0.39 is 0 Å². The fraction of sp³-hybridized carbons (Fsp3) is 0.133. The molecule has 0 unspecified atom stereocenters. The minimum atomic E-state index is 0.585. The second-order valence-corrected chi connectivity index (χ2v) is 5.82. The third-order valence-corrected chi connectivity index (χ3v) is 4.70. The van der Waals surface area contributed by atoms with Gasteiger partial charge in [0.25, 0.3) is 0 Å². The van der Waals surface area contributed by atoms with Crippen molar-refractivity contribution in [1.82, 2.24) is 4.98 Å². The Labute approximate surface area is 124 Å². The van der Waals surface area contributed by atoms with Crippen LogP contribution in [0.3, 0.4) is 0 Å². The van der Waals surface area contributed by atoms with Crippen LogP contribution in [0.5, 0.6) is 5.75 Å². The Morgan fingerprint density at radius 2 is 1.95 bits per heavy atom. The van der Waals surface area contributed by atoms with Crippen LogP contribution in [0.2, 0.25) is 0 Å². The smallest absolute Gasteiger partial charge is 0.122 e. The van der Waals surface area contributed by atoms with Gasteiger partial charge in [-0.15, -0.1) is 11.3 Å². The van der Waals surface area contributed by atoms with E-state index in [4.69, 9.17) is 4.74 Å². The second-order valence-electron chi connectivity index (χ2n) is 4.15. The molecule has 0 saturated heterocycles. The molecule has 0 aliphatic rings. The topological polar surface area (TPSA) is 22.1 Å². The number of nitrogens with zero attached hydrogens (tertiary/aromatic N) is 1. The Morgan fingerprint density at radius 3 is 2.74 bits per heavy atom. The first-order valence-electron chi connectivity index (χ1n) is 5.97. The molecule has 2 nitrogen and oxygen atoms in total. The lowest BCUT2D eigenvalue weighted by Crippen LogP contribution is -1.94. The Hall–Kier alpha value is -1.39. The van der Waals surface area contributed by atoms with Crippen LogP contribution < -0.4 is 4.74 Å². The summed E-state index contributed by atoms with van der Waals surface area (Å²) in [6, 6.07) is 16.2. The highest BCUT2D eigenvalue weighted by Gasteiger charge is 2.04. The molecule has 0 aliphatic carbocycles. The number of fused-ring (bicyclic) bond motifs is 1. The molecule has 0 aliphatic heterocycles. The Balaban J connectivity index is 1.78. The van der Waals surface area contributed by atoms with Crippen LogP contribution in [0, 0.1) is 0 Å². The summed E-state index contributed by atoms with van der Waals surface area (Å²) in [6.45, 7) is 0.585.